The normalized spacial score (nSPS) is 10.1. The van der Waals surface area contributed by atoms with E-state index in [1.165, 1.54) is 0 Å². The minimum Gasteiger partial charge on any atom is -0.321 e. The number of aromatic amines is 2. The molecule has 0 aliphatic rings. The predicted octanol–water partition coefficient (Wildman–Crippen LogP) is 0.969. The predicted molar refractivity (Wildman–Crippen MR) is 67.1 cm³/mol. The number of H-pyrrole nitrogens is 2. The molecule has 1 aromatic heterocycles. The minimum atomic E-state index is -0.733. The Labute approximate surface area is 106 Å². The highest BCUT2D eigenvalue weighted by Gasteiger charge is 2.08. The van der Waals surface area contributed by atoms with Gasteiger partial charge < -0.3 is 10.3 Å². The van der Waals surface area contributed by atoms with Crippen molar-refractivity contribution in [1.82, 2.24) is 9.97 Å². The molecule has 0 atom stereocenters. The number of carbonyl (C=O) groups is 1. The van der Waals surface area contributed by atoms with E-state index in [9.17, 15) is 14.4 Å². The number of carbonyl (C=O) groups excluding carboxylic acids is 1. The van der Waals surface area contributed by atoms with Gasteiger partial charge in [-0.3, -0.25) is 14.6 Å². The van der Waals surface area contributed by atoms with Crippen molar-refractivity contribution < 1.29 is 4.79 Å². The van der Waals surface area contributed by atoms with Crippen molar-refractivity contribution in [2.75, 3.05) is 5.32 Å². The van der Waals surface area contributed by atoms with Gasteiger partial charge in [0.15, 0.2) is 0 Å². The van der Waals surface area contributed by atoms with Crippen LogP contribution in [0.2, 0.25) is 5.02 Å². The summed E-state index contributed by atoms with van der Waals surface area (Å²) >= 11 is 5.70. The van der Waals surface area contributed by atoms with Gasteiger partial charge >= 0.3 is 5.69 Å². The maximum Gasteiger partial charge on any atom is 0.326 e. The van der Waals surface area contributed by atoms with E-state index in [1.54, 1.807) is 24.3 Å². The number of halogens is 1. The van der Waals surface area contributed by atoms with E-state index in [-0.39, 0.29) is 5.69 Å². The summed E-state index contributed by atoms with van der Waals surface area (Å²) in [6.45, 7) is 0. The Hall–Kier alpha value is -2.34. The first-order chi connectivity index (χ1) is 8.54. The van der Waals surface area contributed by atoms with E-state index in [0.717, 1.165) is 6.07 Å². The number of anilines is 1. The molecular weight excluding hydrogens is 258 g/mol. The summed E-state index contributed by atoms with van der Waals surface area (Å²) in [4.78, 5) is 38.0. The zero-order valence-corrected chi connectivity index (χ0v) is 9.75. The van der Waals surface area contributed by atoms with Crippen LogP contribution in [0.15, 0.2) is 39.9 Å². The molecule has 0 radical (unpaired) electrons. The molecule has 1 heterocycles. The molecular formula is C11H8ClN3O3. The van der Waals surface area contributed by atoms with Gasteiger partial charge in [0.25, 0.3) is 11.5 Å². The van der Waals surface area contributed by atoms with Gasteiger partial charge in [-0.05, 0) is 24.3 Å². The van der Waals surface area contributed by atoms with E-state index >= 15 is 0 Å². The molecule has 7 heteroatoms. The van der Waals surface area contributed by atoms with Crippen LogP contribution in [0.25, 0.3) is 0 Å². The van der Waals surface area contributed by atoms with Crippen LogP contribution in [0.5, 0.6) is 0 Å². The number of amides is 1. The molecule has 6 nitrogen and oxygen atoms in total. The maximum absolute atomic E-state index is 11.7. The second-order valence-electron chi connectivity index (χ2n) is 3.46. The average molecular weight is 266 g/mol. The number of aromatic nitrogens is 2. The van der Waals surface area contributed by atoms with Crippen LogP contribution in [0.4, 0.5) is 5.69 Å². The van der Waals surface area contributed by atoms with E-state index in [1.807, 2.05) is 4.98 Å². The zero-order chi connectivity index (χ0) is 13.1. The highest BCUT2D eigenvalue weighted by molar-refractivity contribution is 6.30. The van der Waals surface area contributed by atoms with Gasteiger partial charge in [-0.25, -0.2) is 4.79 Å². The van der Waals surface area contributed by atoms with Gasteiger partial charge in [0.05, 0.1) is 0 Å². The molecule has 0 saturated carbocycles. The fourth-order valence-corrected chi connectivity index (χ4v) is 1.45. The molecule has 0 unspecified atom stereocenters. The SMILES string of the molecule is O=C(Nc1ccc(Cl)cc1)c1cc(=O)[nH]c(=O)[nH]1. The number of rotatable bonds is 2. The second kappa shape index (κ2) is 4.89. The highest BCUT2D eigenvalue weighted by Crippen LogP contribution is 2.13. The monoisotopic (exact) mass is 265 g/mol. The Bertz CT molecular complexity index is 659. The van der Waals surface area contributed by atoms with Crippen molar-refractivity contribution in [3.05, 3.63) is 61.9 Å². The third-order valence-corrected chi connectivity index (χ3v) is 2.36. The summed E-state index contributed by atoms with van der Waals surface area (Å²) in [5, 5.41) is 3.06. The van der Waals surface area contributed by atoms with Crippen LogP contribution in [-0.2, 0) is 0 Å². The fraction of sp³-hybridized carbons (Fsp3) is 0. The van der Waals surface area contributed by atoms with Gasteiger partial charge in [0, 0.05) is 16.8 Å². The first kappa shape index (κ1) is 12.1. The average Bonchev–Trinajstić information content (AvgIpc) is 2.31. The Kier molecular flexibility index (Phi) is 3.29. The third-order valence-electron chi connectivity index (χ3n) is 2.11. The van der Waals surface area contributed by atoms with Crippen molar-refractivity contribution in [3.8, 4) is 0 Å². The maximum atomic E-state index is 11.7. The van der Waals surface area contributed by atoms with Gasteiger partial charge in [0.2, 0.25) is 0 Å². The summed E-state index contributed by atoms with van der Waals surface area (Å²) in [6, 6.07) is 7.43. The lowest BCUT2D eigenvalue weighted by atomic mass is 10.3. The smallest absolute Gasteiger partial charge is 0.321 e. The molecule has 0 aliphatic heterocycles. The first-order valence-electron chi connectivity index (χ1n) is 4.95. The number of benzene rings is 1. The second-order valence-corrected chi connectivity index (χ2v) is 3.90. The number of nitrogens with one attached hydrogen (secondary N) is 3. The molecule has 2 rings (SSSR count). The highest BCUT2D eigenvalue weighted by atomic mass is 35.5. The van der Waals surface area contributed by atoms with Gasteiger partial charge in [-0.1, -0.05) is 11.6 Å². The molecule has 92 valence electrons. The van der Waals surface area contributed by atoms with Crippen molar-refractivity contribution in [3.63, 3.8) is 0 Å². The Morgan fingerprint density at radius 3 is 2.39 bits per heavy atom. The van der Waals surface area contributed by atoms with Crippen LogP contribution in [-0.4, -0.2) is 15.9 Å². The molecule has 0 saturated heterocycles. The van der Waals surface area contributed by atoms with E-state index in [4.69, 9.17) is 11.6 Å². The summed E-state index contributed by atoms with van der Waals surface area (Å²) in [5.74, 6) is -0.583. The van der Waals surface area contributed by atoms with E-state index in [0.29, 0.717) is 10.7 Å². The lowest BCUT2D eigenvalue weighted by molar-refractivity contribution is 0.102. The third kappa shape index (κ3) is 2.86. The lowest BCUT2D eigenvalue weighted by Gasteiger charge is -2.04. The molecule has 0 spiro atoms. The number of hydrogen-bond acceptors (Lipinski definition) is 3. The summed E-state index contributed by atoms with van der Waals surface area (Å²) in [5.41, 5.74) is -0.979. The van der Waals surface area contributed by atoms with Crippen LogP contribution in [0.3, 0.4) is 0 Å². The van der Waals surface area contributed by atoms with Gasteiger partial charge in [0.1, 0.15) is 5.69 Å². The Morgan fingerprint density at radius 1 is 1.11 bits per heavy atom. The first-order valence-corrected chi connectivity index (χ1v) is 5.33. The molecule has 3 N–H and O–H groups in total. The van der Waals surface area contributed by atoms with Crippen molar-refractivity contribution >= 4 is 23.2 Å². The topological polar surface area (TPSA) is 94.8 Å². The Morgan fingerprint density at radius 2 is 1.78 bits per heavy atom. The molecule has 1 aromatic carbocycles. The molecule has 0 bridgehead atoms. The van der Waals surface area contributed by atoms with Crippen molar-refractivity contribution in [1.29, 1.82) is 0 Å². The summed E-state index contributed by atoms with van der Waals surface area (Å²) in [6.07, 6.45) is 0. The quantitative estimate of drug-likeness (QED) is 0.755. The van der Waals surface area contributed by atoms with Gasteiger partial charge in [-0.2, -0.15) is 0 Å². The number of hydrogen-bond donors (Lipinski definition) is 3. The molecule has 2 aromatic rings. The van der Waals surface area contributed by atoms with E-state index in [2.05, 4.69) is 10.3 Å². The van der Waals surface area contributed by atoms with Crippen LogP contribution >= 0.6 is 11.6 Å². The standard InChI is InChI=1S/C11H8ClN3O3/c12-6-1-3-7(4-2-6)13-10(17)8-5-9(16)15-11(18)14-8/h1-5H,(H,13,17)(H2,14,15,16,18). The molecule has 0 aliphatic carbocycles. The van der Waals surface area contributed by atoms with Crippen molar-refractivity contribution in [2.24, 2.45) is 0 Å². The summed E-state index contributed by atoms with van der Waals surface area (Å²) in [7, 11) is 0. The van der Waals surface area contributed by atoms with Crippen molar-refractivity contribution in [2.45, 2.75) is 0 Å². The lowest BCUT2D eigenvalue weighted by Crippen LogP contribution is -2.27. The van der Waals surface area contributed by atoms with Crippen LogP contribution < -0.4 is 16.6 Å². The zero-order valence-electron chi connectivity index (χ0n) is 8.99. The molecule has 18 heavy (non-hydrogen) atoms. The van der Waals surface area contributed by atoms with Gasteiger partial charge in [-0.15, -0.1) is 0 Å². The van der Waals surface area contributed by atoms with E-state index < -0.39 is 17.2 Å². The van der Waals surface area contributed by atoms with Crippen LogP contribution in [0.1, 0.15) is 10.5 Å². The Balaban J connectivity index is 2.24. The fourth-order valence-electron chi connectivity index (χ4n) is 1.32. The molecule has 0 fully saturated rings. The molecule has 1 amide bonds. The minimum absolute atomic E-state index is 0.112. The summed E-state index contributed by atoms with van der Waals surface area (Å²) < 4.78 is 0. The van der Waals surface area contributed by atoms with Crippen LogP contribution in [0, 0.1) is 0 Å². The largest absolute Gasteiger partial charge is 0.326 e.